The van der Waals surface area contributed by atoms with Crippen molar-refractivity contribution in [2.45, 2.75) is 19.9 Å². The number of halogens is 1. The first-order valence-electron chi connectivity index (χ1n) is 6.03. The highest BCUT2D eigenvalue weighted by Crippen LogP contribution is 2.12. The van der Waals surface area contributed by atoms with E-state index in [1.165, 1.54) is 0 Å². The molecule has 0 aliphatic carbocycles. The maximum Gasteiger partial charge on any atom is 0.254 e. The second-order valence-corrected chi connectivity index (χ2v) is 4.96. The first-order valence-corrected chi connectivity index (χ1v) is 6.40. The van der Waals surface area contributed by atoms with Crippen molar-refractivity contribution in [1.82, 2.24) is 14.8 Å². The van der Waals surface area contributed by atoms with Crippen LogP contribution in [0.2, 0.25) is 5.15 Å². The van der Waals surface area contributed by atoms with Crippen molar-refractivity contribution in [3.05, 3.63) is 29.0 Å². The van der Waals surface area contributed by atoms with Gasteiger partial charge in [-0.25, -0.2) is 4.98 Å². The minimum absolute atomic E-state index is 0.00356. The van der Waals surface area contributed by atoms with Gasteiger partial charge in [0.15, 0.2) is 0 Å². The van der Waals surface area contributed by atoms with Gasteiger partial charge in [0.05, 0.1) is 0 Å². The molecule has 5 heteroatoms. The van der Waals surface area contributed by atoms with Crippen LogP contribution in [0.15, 0.2) is 18.3 Å². The summed E-state index contributed by atoms with van der Waals surface area (Å²) in [4.78, 5) is 20.2. The Morgan fingerprint density at radius 2 is 2.17 bits per heavy atom. The quantitative estimate of drug-likeness (QED) is 0.769. The lowest BCUT2D eigenvalue weighted by Gasteiger charge is -2.30. The molecule has 1 heterocycles. The van der Waals surface area contributed by atoms with Gasteiger partial charge in [-0.1, -0.05) is 11.6 Å². The lowest BCUT2D eigenvalue weighted by atomic mass is 10.2. The molecule has 1 aromatic heterocycles. The molecule has 0 saturated heterocycles. The molecule has 0 aliphatic rings. The van der Waals surface area contributed by atoms with Crippen LogP contribution in [0.5, 0.6) is 0 Å². The summed E-state index contributed by atoms with van der Waals surface area (Å²) in [6, 6.07) is 3.46. The molecule has 0 saturated carbocycles. The Kier molecular flexibility index (Phi) is 5.56. The van der Waals surface area contributed by atoms with Gasteiger partial charge < -0.3 is 9.80 Å². The number of carbonyl (C=O) groups excluding carboxylic acids is 1. The molecule has 0 spiro atoms. The Morgan fingerprint density at radius 1 is 1.50 bits per heavy atom. The molecule has 0 fully saturated rings. The number of hydrogen-bond acceptors (Lipinski definition) is 3. The van der Waals surface area contributed by atoms with E-state index in [-0.39, 0.29) is 11.9 Å². The number of amides is 1. The van der Waals surface area contributed by atoms with Crippen LogP contribution < -0.4 is 0 Å². The number of rotatable bonds is 5. The van der Waals surface area contributed by atoms with Gasteiger partial charge in [-0.2, -0.15) is 0 Å². The molecule has 1 aromatic rings. The molecule has 1 rings (SSSR count). The summed E-state index contributed by atoms with van der Waals surface area (Å²) in [6.07, 6.45) is 1.56. The molecular weight excluding hydrogens is 250 g/mol. The van der Waals surface area contributed by atoms with Crippen molar-refractivity contribution in [3.8, 4) is 0 Å². The standard InChI is InChI=1S/C13H20ClN3O/c1-5-17(10(2)9-16(3)4)13(18)11-6-7-15-12(14)8-11/h6-8,10H,5,9H2,1-4H3. The Balaban J connectivity index is 2.85. The summed E-state index contributed by atoms with van der Waals surface area (Å²) in [5, 5.41) is 0.345. The van der Waals surface area contributed by atoms with E-state index in [0.29, 0.717) is 17.3 Å². The van der Waals surface area contributed by atoms with Crippen molar-refractivity contribution in [2.75, 3.05) is 27.2 Å². The molecule has 4 nitrogen and oxygen atoms in total. The zero-order valence-electron chi connectivity index (χ0n) is 11.4. The van der Waals surface area contributed by atoms with Crippen molar-refractivity contribution >= 4 is 17.5 Å². The zero-order valence-corrected chi connectivity index (χ0v) is 12.1. The van der Waals surface area contributed by atoms with E-state index in [0.717, 1.165) is 6.54 Å². The SMILES string of the molecule is CCN(C(=O)c1ccnc(Cl)c1)C(C)CN(C)C. The molecule has 0 N–H and O–H groups in total. The van der Waals surface area contributed by atoms with E-state index >= 15 is 0 Å². The topological polar surface area (TPSA) is 36.4 Å². The fourth-order valence-corrected chi connectivity index (χ4v) is 2.16. The fourth-order valence-electron chi connectivity index (χ4n) is 1.98. The highest BCUT2D eigenvalue weighted by atomic mass is 35.5. The molecule has 0 bridgehead atoms. The van der Waals surface area contributed by atoms with Crippen LogP contribution in [0.25, 0.3) is 0 Å². The van der Waals surface area contributed by atoms with Crippen molar-refractivity contribution in [2.24, 2.45) is 0 Å². The van der Waals surface area contributed by atoms with Gasteiger partial charge in [0, 0.05) is 30.9 Å². The minimum atomic E-state index is -0.00356. The maximum atomic E-state index is 12.4. The van der Waals surface area contributed by atoms with Gasteiger partial charge in [0.2, 0.25) is 0 Å². The van der Waals surface area contributed by atoms with Crippen LogP contribution in [0.1, 0.15) is 24.2 Å². The van der Waals surface area contributed by atoms with Crippen LogP contribution in [0.3, 0.4) is 0 Å². The summed E-state index contributed by atoms with van der Waals surface area (Å²) in [5.41, 5.74) is 0.586. The van der Waals surface area contributed by atoms with Gasteiger partial charge in [-0.15, -0.1) is 0 Å². The van der Waals surface area contributed by atoms with Gasteiger partial charge >= 0.3 is 0 Å². The number of nitrogens with zero attached hydrogens (tertiary/aromatic N) is 3. The molecule has 1 unspecified atom stereocenters. The Morgan fingerprint density at radius 3 is 2.67 bits per heavy atom. The van der Waals surface area contributed by atoms with E-state index in [9.17, 15) is 4.79 Å². The Bertz CT molecular complexity index is 409. The minimum Gasteiger partial charge on any atom is -0.335 e. The van der Waals surface area contributed by atoms with Gasteiger partial charge in [0.1, 0.15) is 5.15 Å². The van der Waals surface area contributed by atoms with E-state index in [2.05, 4.69) is 9.88 Å². The van der Waals surface area contributed by atoms with E-state index in [1.54, 1.807) is 18.3 Å². The normalized spacial score (nSPS) is 12.6. The third-order valence-electron chi connectivity index (χ3n) is 2.74. The second-order valence-electron chi connectivity index (χ2n) is 4.57. The molecule has 0 aromatic carbocycles. The van der Waals surface area contributed by atoms with Gasteiger partial charge in [-0.3, -0.25) is 4.79 Å². The summed E-state index contributed by atoms with van der Waals surface area (Å²) in [6.45, 7) is 5.53. The van der Waals surface area contributed by atoms with Crippen LogP contribution in [-0.2, 0) is 0 Å². The maximum absolute atomic E-state index is 12.4. The lowest BCUT2D eigenvalue weighted by molar-refractivity contribution is 0.0679. The van der Waals surface area contributed by atoms with Crippen molar-refractivity contribution in [1.29, 1.82) is 0 Å². The molecule has 100 valence electrons. The summed E-state index contributed by atoms with van der Waals surface area (Å²) >= 11 is 5.81. The van der Waals surface area contributed by atoms with Gasteiger partial charge in [0.25, 0.3) is 5.91 Å². The van der Waals surface area contributed by atoms with Gasteiger partial charge in [-0.05, 0) is 40.1 Å². The molecule has 0 radical (unpaired) electrons. The summed E-state index contributed by atoms with van der Waals surface area (Å²) < 4.78 is 0. The van der Waals surface area contributed by atoms with Crippen LogP contribution >= 0.6 is 11.6 Å². The summed E-state index contributed by atoms with van der Waals surface area (Å²) in [7, 11) is 4.00. The fraction of sp³-hybridized carbons (Fsp3) is 0.538. The van der Waals surface area contributed by atoms with Crippen LogP contribution in [0, 0.1) is 0 Å². The molecule has 1 atom stereocenters. The Hall–Kier alpha value is -1.13. The average Bonchev–Trinajstić information content (AvgIpc) is 2.28. The number of hydrogen-bond donors (Lipinski definition) is 0. The first kappa shape index (κ1) is 14.9. The highest BCUT2D eigenvalue weighted by Gasteiger charge is 2.20. The number of pyridine rings is 1. The highest BCUT2D eigenvalue weighted by molar-refractivity contribution is 6.29. The lowest BCUT2D eigenvalue weighted by Crippen LogP contribution is -2.43. The van der Waals surface area contributed by atoms with Crippen molar-refractivity contribution < 1.29 is 4.79 Å². The number of aromatic nitrogens is 1. The number of carbonyl (C=O) groups is 1. The van der Waals surface area contributed by atoms with Crippen LogP contribution in [0.4, 0.5) is 0 Å². The molecule has 0 aliphatic heterocycles. The van der Waals surface area contributed by atoms with Crippen LogP contribution in [-0.4, -0.2) is 53.9 Å². The Labute approximate surface area is 114 Å². The van der Waals surface area contributed by atoms with E-state index in [4.69, 9.17) is 11.6 Å². The third-order valence-corrected chi connectivity index (χ3v) is 2.94. The third kappa shape index (κ3) is 3.96. The predicted octanol–water partition coefficient (Wildman–Crippen LogP) is 2.15. The zero-order chi connectivity index (χ0) is 13.7. The average molecular weight is 270 g/mol. The summed E-state index contributed by atoms with van der Waals surface area (Å²) in [5.74, 6) is -0.00356. The largest absolute Gasteiger partial charge is 0.335 e. The molecule has 1 amide bonds. The monoisotopic (exact) mass is 269 g/mol. The van der Waals surface area contributed by atoms with Crippen molar-refractivity contribution in [3.63, 3.8) is 0 Å². The smallest absolute Gasteiger partial charge is 0.254 e. The molecule has 18 heavy (non-hydrogen) atoms. The number of likely N-dealkylation sites (N-methyl/N-ethyl adjacent to an activating group) is 2. The predicted molar refractivity (Wildman–Crippen MR) is 74.0 cm³/mol. The van der Waals surface area contributed by atoms with E-state index < -0.39 is 0 Å². The molecular formula is C13H20ClN3O. The first-order chi connectivity index (χ1) is 8.45. The second kappa shape index (κ2) is 6.71. The van der Waals surface area contributed by atoms with E-state index in [1.807, 2.05) is 32.8 Å².